The van der Waals surface area contributed by atoms with Gasteiger partial charge in [0.05, 0.1) is 18.8 Å². The lowest BCUT2D eigenvalue weighted by atomic mass is 10.0. The topological polar surface area (TPSA) is 84.6 Å². The maximum atomic E-state index is 11.8. The minimum Gasteiger partial charge on any atom is -0.506 e. The lowest BCUT2D eigenvalue weighted by Gasteiger charge is -2.15. The summed E-state index contributed by atoms with van der Waals surface area (Å²) >= 11 is 0. The number of carbonyl (C=O) groups excluding carboxylic acids is 1. The van der Waals surface area contributed by atoms with Gasteiger partial charge in [0.1, 0.15) is 11.5 Å². The minimum absolute atomic E-state index is 0.0131. The van der Waals surface area contributed by atoms with Crippen molar-refractivity contribution in [3.63, 3.8) is 0 Å². The molecule has 0 aliphatic carbocycles. The zero-order valence-corrected chi connectivity index (χ0v) is 10.9. The maximum absolute atomic E-state index is 11.8. The molecule has 1 amide bonds. The second-order valence-electron chi connectivity index (χ2n) is 4.61. The summed E-state index contributed by atoms with van der Waals surface area (Å²) in [5.74, 6) is 0.568. The molecule has 1 aromatic rings. The highest BCUT2D eigenvalue weighted by molar-refractivity contribution is 5.96. The van der Waals surface area contributed by atoms with Gasteiger partial charge in [0.2, 0.25) is 5.91 Å². The first-order valence-corrected chi connectivity index (χ1v) is 5.87. The van der Waals surface area contributed by atoms with Crippen LogP contribution in [0.3, 0.4) is 0 Å². The van der Waals surface area contributed by atoms with E-state index in [0.29, 0.717) is 23.8 Å². The predicted molar refractivity (Wildman–Crippen MR) is 70.7 cm³/mol. The van der Waals surface area contributed by atoms with Gasteiger partial charge in [-0.25, -0.2) is 0 Å². The van der Waals surface area contributed by atoms with Crippen molar-refractivity contribution in [2.24, 2.45) is 11.7 Å². The van der Waals surface area contributed by atoms with Crippen LogP contribution >= 0.6 is 0 Å². The van der Waals surface area contributed by atoms with Crippen molar-refractivity contribution in [3.8, 4) is 11.5 Å². The summed E-state index contributed by atoms with van der Waals surface area (Å²) in [6.45, 7) is 3.99. The second kappa shape index (κ2) is 6.26. The van der Waals surface area contributed by atoms with Gasteiger partial charge in [-0.05, 0) is 24.5 Å². The summed E-state index contributed by atoms with van der Waals surface area (Å²) in [4.78, 5) is 11.8. The van der Waals surface area contributed by atoms with Crippen molar-refractivity contribution >= 4 is 11.6 Å². The maximum Gasteiger partial charge on any atom is 0.241 e. The molecule has 1 atom stereocenters. The van der Waals surface area contributed by atoms with Crippen molar-refractivity contribution in [1.29, 1.82) is 0 Å². The second-order valence-corrected chi connectivity index (χ2v) is 4.61. The molecule has 4 N–H and O–H groups in total. The Morgan fingerprint density at radius 1 is 1.50 bits per heavy atom. The lowest BCUT2D eigenvalue weighted by Crippen LogP contribution is -2.36. The molecule has 0 aromatic heterocycles. The van der Waals surface area contributed by atoms with E-state index in [0.717, 1.165) is 0 Å². The van der Waals surface area contributed by atoms with E-state index in [1.807, 2.05) is 13.8 Å². The first-order valence-electron chi connectivity index (χ1n) is 5.87. The summed E-state index contributed by atoms with van der Waals surface area (Å²) in [6, 6.07) is 4.03. The van der Waals surface area contributed by atoms with Crippen molar-refractivity contribution in [2.45, 2.75) is 26.3 Å². The number of carbonyl (C=O) groups is 1. The molecule has 0 radical (unpaired) electrons. The standard InChI is InChI=1S/C13H20N2O3/c1-8(2)6-10(14)13(17)15-11-7-9(18-3)4-5-12(11)16/h4-5,7-8,10,16H,6,14H2,1-3H3,(H,15,17)/t10-/m1/s1. The van der Waals surface area contributed by atoms with Gasteiger partial charge in [-0.2, -0.15) is 0 Å². The molecule has 0 spiro atoms. The van der Waals surface area contributed by atoms with Gasteiger partial charge in [-0.15, -0.1) is 0 Å². The zero-order chi connectivity index (χ0) is 13.7. The van der Waals surface area contributed by atoms with Gasteiger partial charge in [-0.1, -0.05) is 13.8 Å². The van der Waals surface area contributed by atoms with Gasteiger partial charge in [0.15, 0.2) is 0 Å². The smallest absolute Gasteiger partial charge is 0.241 e. The van der Waals surface area contributed by atoms with Crippen LogP contribution in [0.15, 0.2) is 18.2 Å². The molecule has 1 aromatic carbocycles. The van der Waals surface area contributed by atoms with E-state index < -0.39 is 6.04 Å². The molecule has 1 rings (SSSR count). The molecule has 0 bridgehead atoms. The summed E-state index contributed by atoms with van der Waals surface area (Å²) in [6.07, 6.45) is 0.594. The number of ether oxygens (including phenoxy) is 1. The third-order valence-corrected chi connectivity index (χ3v) is 2.52. The molecule has 0 aliphatic rings. The van der Waals surface area contributed by atoms with Crippen LogP contribution in [0.5, 0.6) is 11.5 Å². The third-order valence-electron chi connectivity index (χ3n) is 2.52. The minimum atomic E-state index is -0.587. The van der Waals surface area contributed by atoms with Crippen LogP contribution in [0, 0.1) is 5.92 Å². The van der Waals surface area contributed by atoms with Gasteiger partial charge >= 0.3 is 0 Å². The molecule has 18 heavy (non-hydrogen) atoms. The molecule has 0 saturated heterocycles. The van der Waals surface area contributed by atoms with Crippen LogP contribution in [0.4, 0.5) is 5.69 Å². The predicted octanol–water partition coefficient (Wildman–Crippen LogP) is 1.71. The van der Waals surface area contributed by atoms with Crippen molar-refractivity contribution < 1.29 is 14.6 Å². The summed E-state index contributed by atoms with van der Waals surface area (Å²) in [5.41, 5.74) is 6.07. The number of rotatable bonds is 5. The van der Waals surface area contributed by atoms with E-state index in [9.17, 15) is 9.90 Å². The Morgan fingerprint density at radius 3 is 2.72 bits per heavy atom. The van der Waals surface area contributed by atoms with Gasteiger partial charge in [0.25, 0.3) is 0 Å². The largest absolute Gasteiger partial charge is 0.506 e. The molecule has 5 heteroatoms. The lowest BCUT2D eigenvalue weighted by molar-refractivity contribution is -0.117. The summed E-state index contributed by atoms with van der Waals surface area (Å²) in [5, 5.41) is 12.2. The number of phenols is 1. The molecule has 100 valence electrons. The van der Waals surface area contributed by atoms with Gasteiger partial charge in [-0.3, -0.25) is 4.79 Å². The third kappa shape index (κ3) is 3.92. The van der Waals surface area contributed by atoms with Crippen LogP contribution in [-0.4, -0.2) is 24.2 Å². The fraction of sp³-hybridized carbons (Fsp3) is 0.462. The van der Waals surface area contributed by atoms with E-state index in [1.165, 1.54) is 13.2 Å². The molecular formula is C13H20N2O3. The number of methoxy groups -OCH3 is 1. The Labute approximate surface area is 107 Å². The van der Waals surface area contributed by atoms with Crippen molar-refractivity contribution in [1.82, 2.24) is 0 Å². The van der Waals surface area contributed by atoms with E-state index in [2.05, 4.69) is 5.32 Å². The van der Waals surface area contributed by atoms with Crippen LogP contribution in [0.25, 0.3) is 0 Å². The number of amides is 1. The monoisotopic (exact) mass is 252 g/mol. The number of nitrogens with one attached hydrogen (secondary N) is 1. The van der Waals surface area contributed by atoms with Crippen LogP contribution < -0.4 is 15.8 Å². The average molecular weight is 252 g/mol. The number of hydrogen-bond acceptors (Lipinski definition) is 4. The number of anilines is 1. The fourth-order valence-corrected chi connectivity index (χ4v) is 1.58. The zero-order valence-electron chi connectivity index (χ0n) is 10.9. The van der Waals surface area contributed by atoms with E-state index in [-0.39, 0.29) is 11.7 Å². The van der Waals surface area contributed by atoms with Gasteiger partial charge < -0.3 is 20.9 Å². The Kier molecular flexibility index (Phi) is 4.97. The average Bonchev–Trinajstić information content (AvgIpc) is 2.31. The van der Waals surface area contributed by atoms with Crippen molar-refractivity contribution in [3.05, 3.63) is 18.2 Å². The summed E-state index contributed by atoms with van der Waals surface area (Å²) in [7, 11) is 1.52. The fourth-order valence-electron chi connectivity index (χ4n) is 1.58. The quantitative estimate of drug-likeness (QED) is 0.696. The van der Waals surface area contributed by atoms with E-state index >= 15 is 0 Å². The number of benzene rings is 1. The van der Waals surface area contributed by atoms with Gasteiger partial charge in [0, 0.05) is 6.07 Å². The van der Waals surface area contributed by atoms with E-state index in [1.54, 1.807) is 12.1 Å². The Hall–Kier alpha value is -1.75. The number of aromatic hydroxyl groups is 1. The highest BCUT2D eigenvalue weighted by Gasteiger charge is 2.16. The molecular weight excluding hydrogens is 232 g/mol. The van der Waals surface area contributed by atoms with Crippen molar-refractivity contribution in [2.75, 3.05) is 12.4 Å². The highest BCUT2D eigenvalue weighted by Crippen LogP contribution is 2.27. The Balaban J connectivity index is 2.74. The molecule has 0 heterocycles. The van der Waals surface area contributed by atoms with Crippen LogP contribution in [0.1, 0.15) is 20.3 Å². The van der Waals surface area contributed by atoms with E-state index in [4.69, 9.17) is 10.5 Å². The number of phenolic OH excluding ortho intramolecular Hbond substituents is 1. The normalized spacial score (nSPS) is 12.3. The molecule has 0 unspecified atom stereocenters. The summed E-state index contributed by atoms with van der Waals surface area (Å²) < 4.78 is 5.02. The first kappa shape index (κ1) is 14.3. The molecule has 0 saturated carbocycles. The first-order chi connectivity index (χ1) is 8.43. The Bertz CT molecular complexity index is 419. The number of hydrogen-bond donors (Lipinski definition) is 3. The van der Waals surface area contributed by atoms with Crippen LogP contribution in [0.2, 0.25) is 0 Å². The Morgan fingerprint density at radius 2 is 2.17 bits per heavy atom. The molecule has 5 nitrogen and oxygen atoms in total. The molecule has 0 aliphatic heterocycles. The number of nitrogens with two attached hydrogens (primary N) is 1. The molecule has 0 fully saturated rings. The van der Waals surface area contributed by atoms with Crippen LogP contribution in [-0.2, 0) is 4.79 Å². The SMILES string of the molecule is COc1ccc(O)c(NC(=O)[C@H](N)CC(C)C)c1. The highest BCUT2D eigenvalue weighted by atomic mass is 16.5.